The molecule has 1 aliphatic heterocycles. The molecular formula is C12H21N3O. The van der Waals surface area contributed by atoms with Crippen LogP contribution in [-0.4, -0.2) is 49.9 Å². The Balaban J connectivity index is 1.68. The Morgan fingerprint density at radius 1 is 1.12 bits per heavy atom. The van der Waals surface area contributed by atoms with Crippen LogP contribution in [0.4, 0.5) is 0 Å². The first-order valence-corrected chi connectivity index (χ1v) is 6.36. The van der Waals surface area contributed by atoms with Crippen LogP contribution < -0.4 is 0 Å². The zero-order valence-corrected chi connectivity index (χ0v) is 9.90. The van der Waals surface area contributed by atoms with Crippen LogP contribution in [0, 0.1) is 0 Å². The number of ether oxygens (including phenoxy) is 1. The molecule has 0 radical (unpaired) electrons. The fraction of sp³-hybridized carbons (Fsp3) is 0.917. The number of rotatable bonds is 3. The van der Waals surface area contributed by atoms with Crippen LogP contribution in [0.25, 0.3) is 0 Å². The highest BCUT2D eigenvalue weighted by Crippen LogP contribution is 2.19. The maximum atomic E-state index is 5.27. The van der Waals surface area contributed by atoms with Crippen molar-refractivity contribution >= 4 is 6.01 Å². The van der Waals surface area contributed by atoms with Gasteiger partial charge in [-0.3, -0.25) is 4.90 Å². The van der Waals surface area contributed by atoms with Gasteiger partial charge in [0.2, 0.25) is 0 Å². The first-order valence-electron chi connectivity index (χ1n) is 6.36. The molecule has 0 N–H and O–H groups in total. The average molecular weight is 223 g/mol. The summed E-state index contributed by atoms with van der Waals surface area (Å²) in [5, 5.41) is 0. The van der Waals surface area contributed by atoms with Crippen molar-refractivity contribution in [2.75, 3.05) is 33.0 Å². The summed E-state index contributed by atoms with van der Waals surface area (Å²) in [5.41, 5.74) is 0. The van der Waals surface area contributed by atoms with Crippen molar-refractivity contribution in [2.45, 2.75) is 38.1 Å². The second-order valence-electron chi connectivity index (χ2n) is 4.55. The molecule has 1 aliphatic carbocycles. The predicted octanol–water partition coefficient (Wildman–Crippen LogP) is 1.78. The molecule has 4 heteroatoms. The standard InChI is InChI=1S/C12H21N3O/c1-2-4-12(5-3-1)14-10-13-11-15-6-8-16-9-7-15/h12H,1-9,11H2. The third-order valence-electron chi connectivity index (χ3n) is 3.26. The molecule has 4 nitrogen and oxygen atoms in total. The maximum Gasteiger partial charge on any atom is 0.102 e. The summed E-state index contributed by atoms with van der Waals surface area (Å²) < 4.78 is 5.27. The largest absolute Gasteiger partial charge is 0.379 e. The second-order valence-corrected chi connectivity index (χ2v) is 4.55. The number of nitrogens with zero attached hydrogens (tertiary/aromatic N) is 3. The summed E-state index contributed by atoms with van der Waals surface area (Å²) in [7, 11) is 0. The van der Waals surface area contributed by atoms with E-state index in [2.05, 4.69) is 20.9 Å². The van der Waals surface area contributed by atoms with Gasteiger partial charge in [0, 0.05) is 13.1 Å². The highest BCUT2D eigenvalue weighted by Gasteiger charge is 2.11. The molecule has 0 atom stereocenters. The molecule has 2 fully saturated rings. The minimum absolute atomic E-state index is 0.488. The molecule has 0 unspecified atom stereocenters. The van der Waals surface area contributed by atoms with E-state index in [1.54, 1.807) is 0 Å². The number of hydrogen-bond acceptors (Lipinski definition) is 4. The molecule has 0 bridgehead atoms. The van der Waals surface area contributed by atoms with Crippen molar-refractivity contribution in [3.05, 3.63) is 0 Å². The summed E-state index contributed by atoms with van der Waals surface area (Å²) in [4.78, 5) is 10.9. The lowest BCUT2D eigenvalue weighted by Crippen LogP contribution is -2.36. The van der Waals surface area contributed by atoms with Gasteiger partial charge in [-0.05, 0) is 12.8 Å². The average Bonchev–Trinajstić information content (AvgIpc) is 2.37. The Labute approximate surface area is 97.4 Å². The van der Waals surface area contributed by atoms with E-state index in [0.29, 0.717) is 6.04 Å². The van der Waals surface area contributed by atoms with Gasteiger partial charge >= 0.3 is 0 Å². The van der Waals surface area contributed by atoms with Gasteiger partial charge in [-0.1, -0.05) is 19.3 Å². The number of hydrogen-bond donors (Lipinski definition) is 0. The molecule has 0 spiro atoms. The van der Waals surface area contributed by atoms with E-state index >= 15 is 0 Å². The van der Waals surface area contributed by atoms with Crippen LogP contribution in [0.5, 0.6) is 0 Å². The molecule has 0 aromatic carbocycles. The molecule has 0 amide bonds. The lowest BCUT2D eigenvalue weighted by atomic mass is 9.96. The van der Waals surface area contributed by atoms with Crippen molar-refractivity contribution in [2.24, 2.45) is 9.98 Å². The Kier molecular flexibility index (Phi) is 5.00. The molecule has 0 aromatic heterocycles. The smallest absolute Gasteiger partial charge is 0.102 e. The van der Waals surface area contributed by atoms with Crippen LogP contribution in [0.1, 0.15) is 32.1 Å². The molecule has 16 heavy (non-hydrogen) atoms. The highest BCUT2D eigenvalue weighted by molar-refractivity contribution is 5.41. The Hall–Kier alpha value is -0.700. The molecular weight excluding hydrogens is 202 g/mol. The lowest BCUT2D eigenvalue weighted by molar-refractivity contribution is 0.0395. The summed E-state index contributed by atoms with van der Waals surface area (Å²) in [6, 6.07) is 3.36. The van der Waals surface area contributed by atoms with E-state index in [4.69, 9.17) is 4.74 Å². The molecule has 0 aromatic rings. The predicted molar refractivity (Wildman–Crippen MR) is 64.0 cm³/mol. The third-order valence-corrected chi connectivity index (χ3v) is 3.26. The third kappa shape index (κ3) is 4.05. The van der Waals surface area contributed by atoms with Crippen LogP contribution in [0.2, 0.25) is 0 Å². The summed E-state index contributed by atoms with van der Waals surface area (Å²) >= 11 is 0. The molecule has 2 aliphatic rings. The van der Waals surface area contributed by atoms with E-state index in [1.165, 1.54) is 32.1 Å². The molecule has 2 rings (SSSR count). The van der Waals surface area contributed by atoms with Crippen molar-refractivity contribution in [3.8, 4) is 0 Å². The molecule has 90 valence electrons. The first-order chi connectivity index (χ1) is 7.95. The van der Waals surface area contributed by atoms with Crippen LogP contribution >= 0.6 is 0 Å². The van der Waals surface area contributed by atoms with Gasteiger partial charge in [-0.15, -0.1) is 0 Å². The number of aliphatic imine (C=N–C) groups is 2. The normalized spacial score (nSPS) is 23.8. The van der Waals surface area contributed by atoms with E-state index in [-0.39, 0.29) is 0 Å². The van der Waals surface area contributed by atoms with Crippen molar-refractivity contribution in [1.29, 1.82) is 0 Å². The fourth-order valence-electron chi connectivity index (χ4n) is 2.21. The summed E-state index contributed by atoms with van der Waals surface area (Å²) in [5.74, 6) is 0. The Morgan fingerprint density at radius 2 is 1.88 bits per heavy atom. The van der Waals surface area contributed by atoms with E-state index in [9.17, 15) is 0 Å². The first kappa shape index (κ1) is 11.8. The Bertz CT molecular complexity index is 249. The minimum Gasteiger partial charge on any atom is -0.379 e. The van der Waals surface area contributed by atoms with Crippen LogP contribution in [0.15, 0.2) is 9.98 Å². The van der Waals surface area contributed by atoms with E-state index < -0.39 is 0 Å². The quantitative estimate of drug-likeness (QED) is 0.684. The van der Waals surface area contributed by atoms with Gasteiger partial charge in [0.25, 0.3) is 0 Å². The topological polar surface area (TPSA) is 37.2 Å². The van der Waals surface area contributed by atoms with Crippen LogP contribution in [-0.2, 0) is 4.74 Å². The van der Waals surface area contributed by atoms with Gasteiger partial charge < -0.3 is 4.74 Å². The van der Waals surface area contributed by atoms with Gasteiger partial charge in [0.15, 0.2) is 0 Å². The summed E-state index contributed by atoms with van der Waals surface area (Å²) in [6.07, 6.45) is 6.45. The zero-order chi connectivity index (χ0) is 11.1. The Morgan fingerprint density at radius 3 is 2.62 bits per heavy atom. The van der Waals surface area contributed by atoms with Gasteiger partial charge in [0.1, 0.15) is 6.67 Å². The van der Waals surface area contributed by atoms with Gasteiger partial charge in [-0.2, -0.15) is 0 Å². The van der Waals surface area contributed by atoms with Gasteiger partial charge in [-0.25, -0.2) is 9.98 Å². The lowest BCUT2D eigenvalue weighted by Gasteiger charge is -2.23. The molecule has 1 saturated heterocycles. The SMILES string of the molecule is C(=NCN1CCOCC1)=NC1CCCCC1. The second kappa shape index (κ2) is 6.79. The zero-order valence-electron chi connectivity index (χ0n) is 9.90. The van der Waals surface area contributed by atoms with Crippen molar-refractivity contribution in [3.63, 3.8) is 0 Å². The van der Waals surface area contributed by atoms with Crippen molar-refractivity contribution in [1.82, 2.24) is 4.90 Å². The molecule has 1 saturated carbocycles. The summed E-state index contributed by atoms with van der Waals surface area (Å²) in [6.45, 7) is 4.34. The van der Waals surface area contributed by atoms with Crippen LogP contribution in [0.3, 0.4) is 0 Å². The fourth-order valence-corrected chi connectivity index (χ4v) is 2.21. The van der Waals surface area contributed by atoms with Crippen molar-refractivity contribution < 1.29 is 4.74 Å². The molecule has 1 heterocycles. The van der Waals surface area contributed by atoms with E-state index in [1.807, 2.05) is 0 Å². The number of morpholine rings is 1. The minimum atomic E-state index is 0.488. The monoisotopic (exact) mass is 223 g/mol. The maximum absolute atomic E-state index is 5.27. The van der Waals surface area contributed by atoms with Gasteiger partial charge in [0.05, 0.1) is 25.3 Å². The van der Waals surface area contributed by atoms with E-state index in [0.717, 1.165) is 33.0 Å². The highest BCUT2D eigenvalue weighted by atomic mass is 16.5.